The van der Waals surface area contributed by atoms with Gasteiger partial charge in [0.25, 0.3) is 0 Å². The minimum atomic E-state index is -3.80. The predicted molar refractivity (Wildman–Crippen MR) is 118 cm³/mol. The third-order valence-electron chi connectivity index (χ3n) is 5.47. The van der Waals surface area contributed by atoms with E-state index in [0.29, 0.717) is 36.8 Å². The number of aryl methyl sites for hydroxylation is 4. The number of fused-ring (bicyclic) bond motifs is 1. The lowest BCUT2D eigenvalue weighted by Gasteiger charge is -2.12. The number of aromatic nitrogens is 3. The molecule has 0 bridgehead atoms. The summed E-state index contributed by atoms with van der Waals surface area (Å²) in [4.78, 5) is 8.63. The number of nitrogen functional groups attached to an aromatic ring is 1. The van der Waals surface area contributed by atoms with E-state index in [1.54, 1.807) is 0 Å². The summed E-state index contributed by atoms with van der Waals surface area (Å²) in [6, 6.07) is 2.54. The van der Waals surface area contributed by atoms with Crippen molar-refractivity contribution in [3.05, 3.63) is 46.9 Å². The van der Waals surface area contributed by atoms with Gasteiger partial charge in [0, 0.05) is 24.7 Å². The van der Waals surface area contributed by atoms with E-state index < -0.39 is 26.4 Å². The SMILES string of the molecule is CCCc1nc2c(N)nc(C)c(C)c2n1CCCCCS(=O)(=O)c1ccc(F)cc1F. The highest BCUT2D eigenvalue weighted by Crippen LogP contribution is 2.27. The molecule has 0 aliphatic carbocycles. The summed E-state index contributed by atoms with van der Waals surface area (Å²) < 4.78 is 53.8. The lowest BCUT2D eigenvalue weighted by molar-refractivity contribution is 0.545. The average molecular weight is 451 g/mol. The van der Waals surface area contributed by atoms with Gasteiger partial charge >= 0.3 is 0 Å². The Bertz CT molecular complexity index is 1210. The first-order valence-electron chi connectivity index (χ1n) is 10.4. The number of unbranched alkanes of at least 4 members (excludes halogenated alkanes) is 2. The third kappa shape index (κ3) is 4.87. The number of benzene rings is 1. The Kier molecular flexibility index (Phi) is 6.93. The zero-order chi connectivity index (χ0) is 22.8. The van der Waals surface area contributed by atoms with Crippen molar-refractivity contribution in [1.29, 1.82) is 0 Å². The second-order valence-corrected chi connectivity index (χ2v) is 9.87. The molecule has 9 heteroatoms. The summed E-state index contributed by atoms with van der Waals surface area (Å²) in [6.07, 6.45) is 3.52. The second-order valence-electron chi connectivity index (χ2n) is 7.79. The standard InChI is InChI=1S/C22H28F2N4O2S/c1-4-8-19-27-20-21(14(2)15(3)26-22(20)25)28(19)11-6-5-7-12-31(29,30)18-10-9-16(23)13-17(18)24/h9-10,13H,4-8,11-12H2,1-3H3,(H2,25,26). The molecule has 3 rings (SSSR count). The Balaban J connectivity index is 1.70. The van der Waals surface area contributed by atoms with Crippen molar-refractivity contribution in [3.8, 4) is 0 Å². The molecule has 2 N–H and O–H groups in total. The number of hydrogen-bond donors (Lipinski definition) is 1. The Labute approximate surface area is 181 Å². The summed E-state index contributed by atoms with van der Waals surface area (Å²) >= 11 is 0. The fourth-order valence-corrected chi connectivity index (χ4v) is 5.21. The van der Waals surface area contributed by atoms with Crippen LogP contribution >= 0.6 is 0 Å². The van der Waals surface area contributed by atoms with Crippen LogP contribution in [0.15, 0.2) is 23.1 Å². The van der Waals surface area contributed by atoms with Crippen LogP contribution in [0.5, 0.6) is 0 Å². The van der Waals surface area contributed by atoms with Gasteiger partial charge in [-0.2, -0.15) is 0 Å². The van der Waals surface area contributed by atoms with Gasteiger partial charge in [0.2, 0.25) is 0 Å². The monoisotopic (exact) mass is 450 g/mol. The van der Waals surface area contributed by atoms with Crippen LogP contribution in [0.4, 0.5) is 14.6 Å². The maximum absolute atomic E-state index is 13.8. The summed E-state index contributed by atoms with van der Waals surface area (Å²) in [5, 5.41) is 0. The number of imidazole rings is 1. The van der Waals surface area contributed by atoms with E-state index >= 15 is 0 Å². The van der Waals surface area contributed by atoms with Crippen LogP contribution in [0.1, 0.15) is 49.7 Å². The van der Waals surface area contributed by atoms with Gasteiger partial charge in [0.1, 0.15) is 27.9 Å². The predicted octanol–water partition coefficient (Wildman–Crippen LogP) is 4.51. The molecule has 0 saturated carbocycles. The van der Waals surface area contributed by atoms with E-state index in [4.69, 9.17) is 10.7 Å². The first-order chi connectivity index (χ1) is 14.7. The zero-order valence-electron chi connectivity index (χ0n) is 18.1. The number of anilines is 1. The summed E-state index contributed by atoms with van der Waals surface area (Å²) in [7, 11) is -3.80. The molecule has 2 aromatic heterocycles. The Morgan fingerprint density at radius 2 is 1.84 bits per heavy atom. The zero-order valence-corrected chi connectivity index (χ0v) is 18.9. The number of nitrogens with zero attached hydrogens (tertiary/aromatic N) is 3. The minimum absolute atomic E-state index is 0.183. The number of nitrogens with two attached hydrogens (primary N) is 1. The van der Waals surface area contributed by atoms with Crippen molar-refractivity contribution in [1.82, 2.24) is 14.5 Å². The third-order valence-corrected chi connectivity index (χ3v) is 7.30. The van der Waals surface area contributed by atoms with Crippen molar-refractivity contribution in [3.63, 3.8) is 0 Å². The lowest BCUT2D eigenvalue weighted by Crippen LogP contribution is -2.10. The molecule has 6 nitrogen and oxygen atoms in total. The molecule has 0 unspecified atom stereocenters. The molecule has 3 aromatic rings. The summed E-state index contributed by atoms with van der Waals surface area (Å²) in [6.45, 7) is 6.69. The number of pyridine rings is 1. The normalized spacial score (nSPS) is 12.0. The molecule has 0 aliphatic rings. The largest absolute Gasteiger partial charge is 0.382 e. The molecule has 0 saturated heterocycles. The average Bonchev–Trinajstić information content (AvgIpc) is 3.05. The molecular weight excluding hydrogens is 422 g/mol. The molecule has 168 valence electrons. The van der Waals surface area contributed by atoms with Crippen LogP contribution in [-0.2, 0) is 22.8 Å². The lowest BCUT2D eigenvalue weighted by atomic mass is 10.2. The van der Waals surface area contributed by atoms with E-state index in [0.717, 1.165) is 54.0 Å². The fraction of sp³-hybridized carbons (Fsp3) is 0.455. The summed E-state index contributed by atoms with van der Waals surface area (Å²) in [5.41, 5.74) is 9.69. The molecule has 0 spiro atoms. The van der Waals surface area contributed by atoms with Crippen molar-refractivity contribution >= 4 is 26.7 Å². The van der Waals surface area contributed by atoms with Crippen molar-refractivity contribution < 1.29 is 17.2 Å². The van der Waals surface area contributed by atoms with Crippen molar-refractivity contribution in [2.24, 2.45) is 0 Å². The smallest absolute Gasteiger partial charge is 0.181 e. The molecule has 1 aromatic carbocycles. The highest BCUT2D eigenvalue weighted by Gasteiger charge is 2.20. The maximum atomic E-state index is 13.8. The molecule has 0 aliphatic heterocycles. The van der Waals surface area contributed by atoms with Crippen LogP contribution in [0.2, 0.25) is 0 Å². The Morgan fingerprint density at radius 1 is 1.10 bits per heavy atom. The highest BCUT2D eigenvalue weighted by atomic mass is 32.2. The van der Waals surface area contributed by atoms with Crippen LogP contribution in [-0.4, -0.2) is 28.7 Å². The molecule has 0 radical (unpaired) electrons. The number of sulfone groups is 1. The molecule has 2 heterocycles. The van der Waals surface area contributed by atoms with Crippen molar-refractivity contribution in [2.75, 3.05) is 11.5 Å². The van der Waals surface area contributed by atoms with E-state index in [1.807, 2.05) is 13.8 Å². The molecule has 0 fully saturated rings. The van der Waals surface area contributed by atoms with Gasteiger partial charge in [-0.15, -0.1) is 0 Å². The van der Waals surface area contributed by atoms with Crippen LogP contribution in [0.25, 0.3) is 11.0 Å². The number of halogens is 2. The number of rotatable bonds is 9. The van der Waals surface area contributed by atoms with Gasteiger partial charge in [-0.1, -0.05) is 13.3 Å². The molecule has 31 heavy (non-hydrogen) atoms. The van der Waals surface area contributed by atoms with E-state index in [-0.39, 0.29) is 5.75 Å². The van der Waals surface area contributed by atoms with Gasteiger partial charge in [0.05, 0.1) is 11.3 Å². The number of hydrogen-bond acceptors (Lipinski definition) is 5. The minimum Gasteiger partial charge on any atom is -0.382 e. The first-order valence-corrected chi connectivity index (χ1v) is 12.1. The quantitative estimate of drug-likeness (QED) is 0.383. The van der Waals surface area contributed by atoms with Crippen molar-refractivity contribution in [2.45, 2.75) is 64.3 Å². The maximum Gasteiger partial charge on any atom is 0.181 e. The van der Waals surface area contributed by atoms with E-state index in [2.05, 4.69) is 16.5 Å². The van der Waals surface area contributed by atoms with Crippen LogP contribution in [0, 0.1) is 25.5 Å². The molecular formula is C22H28F2N4O2S. The molecule has 0 amide bonds. The molecule has 0 atom stereocenters. The Hall–Kier alpha value is -2.55. The summed E-state index contributed by atoms with van der Waals surface area (Å²) in [5.74, 6) is -0.668. The second kappa shape index (κ2) is 9.30. The van der Waals surface area contributed by atoms with Gasteiger partial charge in [-0.3, -0.25) is 0 Å². The first kappa shape index (κ1) is 23.1. The van der Waals surface area contributed by atoms with Crippen LogP contribution in [0.3, 0.4) is 0 Å². The van der Waals surface area contributed by atoms with Gasteiger partial charge in [-0.05, 0) is 50.8 Å². The highest BCUT2D eigenvalue weighted by molar-refractivity contribution is 7.91. The van der Waals surface area contributed by atoms with Gasteiger partial charge < -0.3 is 10.3 Å². The van der Waals surface area contributed by atoms with E-state index in [1.165, 1.54) is 0 Å². The topological polar surface area (TPSA) is 90.9 Å². The van der Waals surface area contributed by atoms with Gasteiger partial charge in [0.15, 0.2) is 15.7 Å². The Morgan fingerprint density at radius 3 is 2.52 bits per heavy atom. The van der Waals surface area contributed by atoms with E-state index in [9.17, 15) is 17.2 Å². The van der Waals surface area contributed by atoms with Crippen LogP contribution < -0.4 is 5.73 Å². The fourth-order valence-electron chi connectivity index (χ4n) is 3.78. The van der Waals surface area contributed by atoms with Gasteiger partial charge in [-0.25, -0.2) is 27.2 Å².